The van der Waals surface area contributed by atoms with Crippen LogP contribution in [-0.2, 0) is 14.8 Å². The summed E-state index contributed by atoms with van der Waals surface area (Å²) in [5.74, 6) is 0.411. The number of piperazine rings is 1. The standard InChI is InChI=1S/C20H33N3O3S/c1-14(2)13-21-20(24)18(6)22-7-9-23(10-8-22)27(25,26)19-16(4)11-15(3)12-17(19)5/h11-12,14,18H,7-10,13H2,1-6H3,(H,21,24)/t18-/m1/s1. The van der Waals surface area contributed by atoms with E-state index in [1.807, 2.05) is 39.8 Å². The number of benzene rings is 1. The van der Waals surface area contributed by atoms with Crippen LogP contribution in [0.25, 0.3) is 0 Å². The van der Waals surface area contributed by atoms with Gasteiger partial charge in [0.15, 0.2) is 0 Å². The fourth-order valence-electron chi connectivity index (χ4n) is 3.65. The summed E-state index contributed by atoms with van der Waals surface area (Å²) in [7, 11) is -3.52. The van der Waals surface area contributed by atoms with E-state index in [1.165, 1.54) is 0 Å². The van der Waals surface area contributed by atoms with Gasteiger partial charge >= 0.3 is 0 Å². The summed E-state index contributed by atoms with van der Waals surface area (Å²) in [6.07, 6.45) is 0. The number of carbonyl (C=O) groups excluding carboxylic acids is 1. The largest absolute Gasteiger partial charge is 0.354 e. The van der Waals surface area contributed by atoms with E-state index < -0.39 is 10.0 Å². The van der Waals surface area contributed by atoms with Crippen LogP contribution in [0.15, 0.2) is 17.0 Å². The molecule has 6 nitrogen and oxygen atoms in total. The van der Waals surface area contributed by atoms with Gasteiger partial charge in [0.05, 0.1) is 10.9 Å². The second-order valence-corrected chi connectivity index (χ2v) is 9.86. The lowest BCUT2D eigenvalue weighted by Crippen LogP contribution is -2.55. The number of nitrogens with one attached hydrogen (secondary N) is 1. The van der Waals surface area contributed by atoms with E-state index in [0.29, 0.717) is 43.5 Å². The Bertz CT molecular complexity index is 759. The molecule has 2 rings (SSSR count). The molecule has 0 radical (unpaired) electrons. The molecular formula is C20H33N3O3S. The Balaban J connectivity index is 2.06. The summed E-state index contributed by atoms with van der Waals surface area (Å²) in [6, 6.07) is 3.57. The molecule has 0 aromatic heterocycles. The van der Waals surface area contributed by atoms with Gasteiger partial charge < -0.3 is 5.32 Å². The lowest BCUT2D eigenvalue weighted by Gasteiger charge is -2.37. The lowest BCUT2D eigenvalue weighted by atomic mass is 10.1. The van der Waals surface area contributed by atoms with Crippen LogP contribution in [0.2, 0.25) is 0 Å². The zero-order valence-electron chi connectivity index (χ0n) is 17.4. The monoisotopic (exact) mass is 395 g/mol. The first kappa shape index (κ1) is 21.9. The highest BCUT2D eigenvalue weighted by Crippen LogP contribution is 2.26. The molecule has 0 saturated carbocycles. The maximum Gasteiger partial charge on any atom is 0.243 e. The smallest absolute Gasteiger partial charge is 0.243 e. The van der Waals surface area contributed by atoms with E-state index in [1.54, 1.807) is 4.31 Å². The van der Waals surface area contributed by atoms with Crippen molar-refractivity contribution < 1.29 is 13.2 Å². The topological polar surface area (TPSA) is 69.7 Å². The zero-order chi connectivity index (χ0) is 20.4. The third-order valence-electron chi connectivity index (χ3n) is 5.09. The van der Waals surface area contributed by atoms with Crippen LogP contribution in [-0.4, -0.2) is 62.3 Å². The molecule has 1 aromatic carbocycles. The summed E-state index contributed by atoms with van der Waals surface area (Å²) in [4.78, 5) is 14.8. The molecule has 1 fully saturated rings. The average molecular weight is 396 g/mol. The molecule has 1 aromatic rings. The number of rotatable bonds is 6. The summed E-state index contributed by atoms with van der Waals surface area (Å²) < 4.78 is 27.9. The van der Waals surface area contributed by atoms with Crippen molar-refractivity contribution in [3.63, 3.8) is 0 Å². The molecule has 1 aliphatic heterocycles. The molecule has 7 heteroatoms. The van der Waals surface area contributed by atoms with Crippen LogP contribution in [0.4, 0.5) is 0 Å². The third kappa shape index (κ3) is 5.09. The van der Waals surface area contributed by atoms with Gasteiger partial charge in [-0.25, -0.2) is 8.42 Å². The van der Waals surface area contributed by atoms with E-state index in [0.717, 1.165) is 16.7 Å². The number of hydrogen-bond acceptors (Lipinski definition) is 4. The highest BCUT2D eigenvalue weighted by atomic mass is 32.2. The first-order chi connectivity index (χ1) is 12.5. The van der Waals surface area contributed by atoms with Gasteiger partial charge in [0.1, 0.15) is 0 Å². The summed E-state index contributed by atoms with van der Waals surface area (Å²) in [5, 5.41) is 2.95. The Morgan fingerprint density at radius 3 is 2.04 bits per heavy atom. The van der Waals surface area contributed by atoms with E-state index in [-0.39, 0.29) is 11.9 Å². The van der Waals surface area contributed by atoms with Crippen LogP contribution in [0, 0.1) is 26.7 Å². The average Bonchev–Trinajstić information content (AvgIpc) is 2.57. The normalized spacial score (nSPS) is 17.9. The Kier molecular flexibility index (Phi) is 7.05. The first-order valence-electron chi connectivity index (χ1n) is 9.63. The molecule has 1 saturated heterocycles. The van der Waals surface area contributed by atoms with Gasteiger partial charge in [-0.3, -0.25) is 9.69 Å². The molecule has 1 heterocycles. The molecule has 0 bridgehead atoms. The van der Waals surface area contributed by atoms with Crippen molar-refractivity contribution in [1.82, 2.24) is 14.5 Å². The zero-order valence-corrected chi connectivity index (χ0v) is 18.2. The summed E-state index contributed by atoms with van der Waals surface area (Å²) in [6.45, 7) is 14.2. The predicted octanol–water partition coefficient (Wildman–Crippen LogP) is 2.08. The van der Waals surface area contributed by atoms with Crippen molar-refractivity contribution in [3.05, 3.63) is 28.8 Å². The highest BCUT2D eigenvalue weighted by molar-refractivity contribution is 7.89. The number of nitrogens with zero attached hydrogens (tertiary/aromatic N) is 2. The molecule has 1 atom stereocenters. The van der Waals surface area contributed by atoms with Crippen molar-refractivity contribution >= 4 is 15.9 Å². The minimum Gasteiger partial charge on any atom is -0.354 e. The molecule has 27 heavy (non-hydrogen) atoms. The summed E-state index contributed by atoms with van der Waals surface area (Å²) in [5.41, 5.74) is 2.64. The van der Waals surface area contributed by atoms with E-state index in [4.69, 9.17) is 0 Å². The van der Waals surface area contributed by atoms with Gasteiger partial charge in [0, 0.05) is 32.7 Å². The highest BCUT2D eigenvalue weighted by Gasteiger charge is 2.33. The van der Waals surface area contributed by atoms with Crippen LogP contribution in [0.1, 0.15) is 37.5 Å². The van der Waals surface area contributed by atoms with E-state index in [2.05, 4.69) is 24.1 Å². The van der Waals surface area contributed by atoms with Gasteiger partial charge in [0.25, 0.3) is 0 Å². The Hall–Kier alpha value is -1.44. The number of sulfonamides is 1. The van der Waals surface area contributed by atoms with Crippen molar-refractivity contribution in [1.29, 1.82) is 0 Å². The quantitative estimate of drug-likeness (QED) is 0.801. The van der Waals surface area contributed by atoms with Crippen molar-refractivity contribution in [2.45, 2.75) is 52.5 Å². The number of amides is 1. The number of hydrogen-bond donors (Lipinski definition) is 1. The van der Waals surface area contributed by atoms with Crippen molar-refractivity contribution in [2.24, 2.45) is 5.92 Å². The van der Waals surface area contributed by atoms with Crippen LogP contribution in [0.5, 0.6) is 0 Å². The van der Waals surface area contributed by atoms with Gasteiger partial charge in [0.2, 0.25) is 15.9 Å². The fraction of sp³-hybridized carbons (Fsp3) is 0.650. The van der Waals surface area contributed by atoms with Crippen LogP contribution in [0.3, 0.4) is 0 Å². The van der Waals surface area contributed by atoms with Crippen molar-refractivity contribution in [3.8, 4) is 0 Å². The Morgan fingerprint density at radius 1 is 1.04 bits per heavy atom. The molecule has 1 aliphatic rings. The third-order valence-corrected chi connectivity index (χ3v) is 7.29. The number of carbonyl (C=O) groups is 1. The van der Waals surface area contributed by atoms with Crippen LogP contribution < -0.4 is 5.32 Å². The van der Waals surface area contributed by atoms with E-state index in [9.17, 15) is 13.2 Å². The van der Waals surface area contributed by atoms with Gasteiger partial charge in [-0.15, -0.1) is 0 Å². The second-order valence-electron chi connectivity index (χ2n) is 7.98. The molecule has 1 N–H and O–H groups in total. The predicted molar refractivity (Wildman–Crippen MR) is 108 cm³/mol. The molecule has 0 spiro atoms. The van der Waals surface area contributed by atoms with Crippen LogP contribution >= 0.6 is 0 Å². The molecule has 1 amide bonds. The Morgan fingerprint density at radius 2 is 1.56 bits per heavy atom. The fourth-order valence-corrected chi connectivity index (χ4v) is 5.49. The molecule has 0 unspecified atom stereocenters. The van der Waals surface area contributed by atoms with Gasteiger partial charge in [-0.1, -0.05) is 31.5 Å². The minimum atomic E-state index is -3.52. The van der Waals surface area contributed by atoms with Crippen molar-refractivity contribution in [2.75, 3.05) is 32.7 Å². The SMILES string of the molecule is Cc1cc(C)c(S(=O)(=O)N2CCN([C@H](C)C(=O)NCC(C)C)CC2)c(C)c1. The molecular weight excluding hydrogens is 362 g/mol. The second kappa shape index (κ2) is 8.71. The van der Waals surface area contributed by atoms with Gasteiger partial charge in [-0.2, -0.15) is 4.31 Å². The Labute approximate surface area is 164 Å². The van der Waals surface area contributed by atoms with Gasteiger partial charge in [-0.05, 0) is 44.7 Å². The summed E-state index contributed by atoms with van der Waals surface area (Å²) >= 11 is 0. The molecule has 0 aliphatic carbocycles. The lowest BCUT2D eigenvalue weighted by molar-refractivity contribution is -0.126. The molecule has 152 valence electrons. The first-order valence-corrected chi connectivity index (χ1v) is 11.1. The number of aryl methyl sites for hydroxylation is 3. The maximum atomic E-state index is 13.2. The van der Waals surface area contributed by atoms with E-state index >= 15 is 0 Å². The maximum absolute atomic E-state index is 13.2. The minimum absolute atomic E-state index is 0.00484.